The van der Waals surface area contributed by atoms with Crippen LogP contribution in [-0.4, -0.2) is 60.8 Å². The average Bonchev–Trinajstić information content (AvgIpc) is 2.68. The molecular weight excluding hydrogens is 324 g/mol. The lowest BCUT2D eigenvalue weighted by atomic mass is 10.0. The predicted octanol–water partition coefficient (Wildman–Crippen LogP) is 1.81. The molecule has 2 fully saturated rings. The highest BCUT2D eigenvalue weighted by molar-refractivity contribution is 5.96. The van der Waals surface area contributed by atoms with Crippen LogP contribution in [0.1, 0.15) is 42.5 Å². The van der Waals surface area contributed by atoms with E-state index < -0.39 is 6.04 Å². The van der Waals surface area contributed by atoms with Gasteiger partial charge in [0.05, 0.1) is 25.9 Å². The van der Waals surface area contributed by atoms with Crippen LogP contribution >= 0.6 is 0 Å². The molecule has 0 aromatic carbocycles. The van der Waals surface area contributed by atoms with Gasteiger partial charge in [0, 0.05) is 31.6 Å². The highest BCUT2D eigenvalue weighted by Gasteiger charge is 2.33. The fraction of sp³-hybridized carbons (Fsp3) is 0.611. The largest absolute Gasteiger partial charge is 0.474 e. The summed E-state index contributed by atoms with van der Waals surface area (Å²) in [5, 5.41) is 0. The van der Waals surface area contributed by atoms with E-state index in [0.717, 1.165) is 25.7 Å². The van der Waals surface area contributed by atoms with Crippen LogP contribution < -0.4 is 4.74 Å². The molecule has 3 rings (SSSR count). The maximum Gasteiger partial charge on any atom is 0.328 e. The number of piperidine rings is 1. The molecule has 1 atom stereocenters. The van der Waals surface area contributed by atoms with Crippen LogP contribution in [0.5, 0.6) is 5.88 Å². The second-order valence-electron chi connectivity index (χ2n) is 6.35. The number of hydrogen-bond acceptors (Lipinski definition) is 6. The minimum atomic E-state index is -0.510. The van der Waals surface area contributed by atoms with E-state index >= 15 is 0 Å². The molecule has 0 saturated carbocycles. The van der Waals surface area contributed by atoms with Crippen molar-refractivity contribution >= 4 is 11.9 Å². The van der Waals surface area contributed by atoms with Gasteiger partial charge in [0.1, 0.15) is 12.1 Å². The number of likely N-dealkylation sites (tertiary alicyclic amines) is 1. The van der Waals surface area contributed by atoms with Gasteiger partial charge in [-0.15, -0.1) is 0 Å². The zero-order valence-corrected chi connectivity index (χ0v) is 14.5. The molecule has 2 aliphatic rings. The Labute approximate surface area is 147 Å². The van der Waals surface area contributed by atoms with E-state index in [1.165, 1.54) is 13.3 Å². The van der Waals surface area contributed by atoms with E-state index in [0.29, 0.717) is 37.6 Å². The number of pyridine rings is 1. The molecule has 7 nitrogen and oxygen atoms in total. The molecule has 7 heteroatoms. The zero-order chi connectivity index (χ0) is 17.6. The Kier molecular flexibility index (Phi) is 5.86. The fourth-order valence-corrected chi connectivity index (χ4v) is 3.26. The van der Waals surface area contributed by atoms with Crippen LogP contribution in [0.2, 0.25) is 0 Å². The van der Waals surface area contributed by atoms with Gasteiger partial charge < -0.3 is 19.1 Å². The number of hydrogen-bond donors (Lipinski definition) is 0. The van der Waals surface area contributed by atoms with Crippen LogP contribution in [0.25, 0.3) is 0 Å². The third-order valence-corrected chi connectivity index (χ3v) is 4.68. The number of ether oxygens (including phenoxy) is 3. The summed E-state index contributed by atoms with van der Waals surface area (Å²) in [4.78, 5) is 30.5. The van der Waals surface area contributed by atoms with Gasteiger partial charge in [-0.3, -0.25) is 4.79 Å². The number of carbonyl (C=O) groups excluding carboxylic acids is 2. The normalized spacial score (nSPS) is 21.6. The van der Waals surface area contributed by atoms with Crippen LogP contribution in [0.4, 0.5) is 0 Å². The summed E-state index contributed by atoms with van der Waals surface area (Å²) in [5.41, 5.74) is 0.454. The van der Waals surface area contributed by atoms with Crippen LogP contribution in [0, 0.1) is 0 Å². The molecule has 1 unspecified atom stereocenters. The number of rotatable bonds is 4. The number of esters is 1. The molecule has 3 heterocycles. The summed E-state index contributed by atoms with van der Waals surface area (Å²) in [7, 11) is 1.35. The first kappa shape index (κ1) is 17.7. The van der Waals surface area contributed by atoms with Crippen molar-refractivity contribution in [3.05, 3.63) is 23.9 Å². The van der Waals surface area contributed by atoms with Crippen molar-refractivity contribution in [3.8, 4) is 5.88 Å². The van der Waals surface area contributed by atoms with Gasteiger partial charge in [-0.2, -0.15) is 0 Å². The quantitative estimate of drug-likeness (QED) is 0.772. The van der Waals surface area contributed by atoms with E-state index in [9.17, 15) is 9.59 Å². The molecule has 0 spiro atoms. The third-order valence-electron chi connectivity index (χ3n) is 4.68. The first-order valence-electron chi connectivity index (χ1n) is 8.78. The Bertz CT molecular complexity index is 598. The van der Waals surface area contributed by atoms with E-state index in [-0.39, 0.29) is 18.0 Å². The standard InChI is InChI=1S/C18H24N2O5/c1-23-18(22)15-4-2-3-9-20(15)17(21)13-5-6-16(19-12-13)25-14-7-10-24-11-8-14/h5-6,12,14-15H,2-4,7-11H2,1H3. The Morgan fingerprint density at radius 2 is 2.00 bits per heavy atom. The summed E-state index contributed by atoms with van der Waals surface area (Å²) < 4.78 is 16.0. The van der Waals surface area contributed by atoms with Crippen molar-refractivity contribution in [1.82, 2.24) is 9.88 Å². The van der Waals surface area contributed by atoms with Crippen molar-refractivity contribution in [2.75, 3.05) is 26.9 Å². The first-order chi connectivity index (χ1) is 12.2. The number of methoxy groups -OCH3 is 1. The summed E-state index contributed by atoms with van der Waals surface area (Å²) in [6, 6.07) is 2.90. The van der Waals surface area contributed by atoms with Crippen molar-refractivity contribution in [2.24, 2.45) is 0 Å². The molecule has 1 amide bonds. The van der Waals surface area contributed by atoms with Gasteiger partial charge in [0.25, 0.3) is 5.91 Å². The van der Waals surface area contributed by atoms with Gasteiger partial charge in [-0.1, -0.05) is 0 Å². The van der Waals surface area contributed by atoms with Gasteiger partial charge in [-0.05, 0) is 25.3 Å². The van der Waals surface area contributed by atoms with E-state index in [1.807, 2.05) is 0 Å². The lowest BCUT2D eigenvalue weighted by molar-refractivity contribution is -0.147. The van der Waals surface area contributed by atoms with Crippen LogP contribution in [0.15, 0.2) is 18.3 Å². The summed E-state index contributed by atoms with van der Waals surface area (Å²) in [6.07, 6.45) is 5.75. The molecule has 2 aliphatic heterocycles. The van der Waals surface area contributed by atoms with Crippen LogP contribution in [0.3, 0.4) is 0 Å². The molecule has 0 radical (unpaired) electrons. The second-order valence-corrected chi connectivity index (χ2v) is 6.35. The van der Waals surface area contributed by atoms with Crippen molar-refractivity contribution in [1.29, 1.82) is 0 Å². The highest BCUT2D eigenvalue weighted by atomic mass is 16.5. The predicted molar refractivity (Wildman–Crippen MR) is 89.4 cm³/mol. The highest BCUT2D eigenvalue weighted by Crippen LogP contribution is 2.22. The summed E-state index contributed by atoms with van der Waals surface area (Å²) in [6.45, 7) is 1.95. The van der Waals surface area contributed by atoms with Crippen molar-refractivity contribution < 1.29 is 23.8 Å². The number of amides is 1. The van der Waals surface area contributed by atoms with Gasteiger partial charge in [0.2, 0.25) is 5.88 Å². The molecule has 25 heavy (non-hydrogen) atoms. The molecule has 1 aromatic rings. The average molecular weight is 348 g/mol. The number of aromatic nitrogens is 1. The maximum atomic E-state index is 12.8. The van der Waals surface area contributed by atoms with E-state index in [1.54, 1.807) is 17.0 Å². The molecule has 0 bridgehead atoms. The molecule has 0 N–H and O–H groups in total. The third kappa shape index (κ3) is 4.28. The topological polar surface area (TPSA) is 78.0 Å². The minimum absolute atomic E-state index is 0.105. The SMILES string of the molecule is COC(=O)C1CCCCN1C(=O)c1ccc(OC2CCOCC2)nc1. The van der Waals surface area contributed by atoms with Crippen LogP contribution in [-0.2, 0) is 14.3 Å². The molecular formula is C18H24N2O5. The van der Waals surface area contributed by atoms with Crippen molar-refractivity contribution in [2.45, 2.75) is 44.2 Å². The number of nitrogens with zero attached hydrogens (tertiary/aromatic N) is 2. The second kappa shape index (κ2) is 8.29. The van der Waals surface area contributed by atoms with E-state index in [2.05, 4.69) is 4.98 Å². The Morgan fingerprint density at radius 1 is 1.20 bits per heavy atom. The number of carbonyl (C=O) groups is 2. The van der Waals surface area contributed by atoms with Gasteiger partial charge >= 0.3 is 5.97 Å². The summed E-state index contributed by atoms with van der Waals surface area (Å²) >= 11 is 0. The Balaban J connectivity index is 1.65. The Hall–Kier alpha value is -2.15. The lowest BCUT2D eigenvalue weighted by Gasteiger charge is -2.33. The lowest BCUT2D eigenvalue weighted by Crippen LogP contribution is -2.48. The molecule has 136 valence electrons. The van der Waals surface area contributed by atoms with E-state index in [4.69, 9.17) is 14.2 Å². The summed E-state index contributed by atoms with van der Waals surface area (Å²) in [5.74, 6) is -0.0488. The minimum Gasteiger partial charge on any atom is -0.474 e. The Morgan fingerprint density at radius 3 is 2.68 bits per heavy atom. The maximum absolute atomic E-state index is 12.8. The smallest absolute Gasteiger partial charge is 0.328 e. The van der Waals surface area contributed by atoms with Gasteiger partial charge in [-0.25, -0.2) is 9.78 Å². The molecule has 2 saturated heterocycles. The fourth-order valence-electron chi connectivity index (χ4n) is 3.26. The first-order valence-corrected chi connectivity index (χ1v) is 8.78. The molecule has 1 aromatic heterocycles. The van der Waals surface area contributed by atoms with Crippen molar-refractivity contribution in [3.63, 3.8) is 0 Å². The monoisotopic (exact) mass is 348 g/mol. The van der Waals surface area contributed by atoms with Gasteiger partial charge in [0.15, 0.2) is 0 Å². The molecule has 0 aliphatic carbocycles. The zero-order valence-electron chi connectivity index (χ0n) is 14.5.